The number of nitro groups is 1. The number of nitrogens with zero attached hydrogens (tertiary/aromatic N) is 2. The number of benzene rings is 1. The van der Waals surface area contributed by atoms with E-state index in [4.69, 9.17) is 4.74 Å². The molecule has 1 fully saturated rings. The van der Waals surface area contributed by atoms with Gasteiger partial charge in [-0.05, 0) is 37.6 Å². The molecule has 0 amide bonds. The number of ether oxygens (including phenoxy) is 1. The van der Waals surface area contributed by atoms with Crippen LogP contribution in [0.15, 0.2) is 18.2 Å². The summed E-state index contributed by atoms with van der Waals surface area (Å²) in [7, 11) is 1.52. The highest BCUT2D eigenvalue weighted by molar-refractivity contribution is 5.42. The number of rotatable bonds is 7. The topological polar surface area (TPSA) is 67.6 Å². The number of nitrogens with one attached hydrogen (secondary N) is 1. The Bertz CT molecular complexity index is 473. The zero-order valence-corrected chi connectivity index (χ0v) is 12.5. The lowest BCUT2D eigenvalue weighted by atomic mass is 10.1. The second kappa shape index (κ2) is 7.95. The van der Waals surface area contributed by atoms with Crippen molar-refractivity contribution in [2.75, 3.05) is 33.3 Å². The molecule has 0 spiro atoms. The van der Waals surface area contributed by atoms with E-state index >= 15 is 0 Å². The zero-order chi connectivity index (χ0) is 15.1. The number of methoxy groups -OCH3 is 1. The quantitative estimate of drug-likeness (QED) is 0.474. The van der Waals surface area contributed by atoms with Crippen molar-refractivity contribution in [3.8, 4) is 5.75 Å². The van der Waals surface area contributed by atoms with E-state index in [0.29, 0.717) is 12.3 Å². The summed E-state index contributed by atoms with van der Waals surface area (Å²) in [5.74, 6) is 0.525. The van der Waals surface area contributed by atoms with E-state index in [1.807, 2.05) is 6.07 Å². The molecular formula is C15H23N3O3. The average molecular weight is 293 g/mol. The molecule has 1 aromatic rings. The molecule has 116 valence electrons. The lowest BCUT2D eigenvalue weighted by Crippen LogP contribution is -2.35. The monoisotopic (exact) mass is 293 g/mol. The molecule has 0 aliphatic carbocycles. The number of hydrogen-bond acceptors (Lipinski definition) is 5. The normalized spacial score (nSPS) is 15.9. The van der Waals surface area contributed by atoms with E-state index < -0.39 is 0 Å². The standard InChI is InChI=1S/C15H23N3O3/c1-21-15-10-13(9-14(11-15)18(19)20)12-16-5-8-17-6-3-2-4-7-17/h9-11,16H,2-8,12H2,1H3. The maximum Gasteiger partial charge on any atom is 0.273 e. The van der Waals surface area contributed by atoms with E-state index in [0.717, 1.165) is 18.7 Å². The smallest absolute Gasteiger partial charge is 0.273 e. The van der Waals surface area contributed by atoms with Crippen molar-refractivity contribution in [3.63, 3.8) is 0 Å². The minimum Gasteiger partial charge on any atom is -0.496 e. The molecule has 6 nitrogen and oxygen atoms in total. The fourth-order valence-electron chi connectivity index (χ4n) is 2.62. The van der Waals surface area contributed by atoms with E-state index in [9.17, 15) is 10.1 Å². The van der Waals surface area contributed by atoms with Gasteiger partial charge in [0.05, 0.1) is 18.1 Å². The summed E-state index contributed by atoms with van der Waals surface area (Å²) < 4.78 is 5.11. The van der Waals surface area contributed by atoms with Gasteiger partial charge in [-0.2, -0.15) is 0 Å². The van der Waals surface area contributed by atoms with Gasteiger partial charge in [0.1, 0.15) is 5.75 Å². The van der Waals surface area contributed by atoms with Gasteiger partial charge >= 0.3 is 0 Å². The SMILES string of the molecule is COc1cc(CNCCN2CCCCC2)cc([N+](=O)[O-])c1. The molecule has 0 aromatic heterocycles. The molecule has 0 atom stereocenters. The van der Waals surface area contributed by atoms with Crippen molar-refractivity contribution >= 4 is 5.69 Å². The van der Waals surface area contributed by atoms with Crippen LogP contribution in [-0.4, -0.2) is 43.1 Å². The Morgan fingerprint density at radius 3 is 2.71 bits per heavy atom. The highest BCUT2D eigenvalue weighted by Gasteiger charge is 2.11. The van der Waals surface area contributed by atoms with Gasteiger partial charge < -0.3 is 15.0 Å². The van der Waals surface area contributed by atoms with Gasteiger partial charge in [-0.3, -0.25) is 10.1 Å². The Morgan fingerprint density at radius 2 is 2.05 bits per heavy atom. The van der Waals surface area contributed by atoms with Crippen molar-refractivity contribution in [3.05, 3.63) is 33.9 Å². The average Bonchev–Trinajstić information content (AvgIpc) is 2.52. The van der Waals surface area contributed by atoms with Crippen molar-refractivity contribution in [2.24, 2.45) is 0 Å². The maximum absolute atomic E-state index is 10.9. The van der Waals surface area contributed by atoms with Crippen LogP contribution in [0.1, 0.15) is 24.8 Å². The number of likely N-dealkylation sites (tertiary alicyclic amines) is 1. The first-order valence-electron chi connectivity index (χ1n) is 7.44. The minimum atomic E-state index is -0.389. The van der Waals surface area contributed by atoms with Crippen LogP contribution in [0.3, 0.4) is 0 Å². The van der Waals surface area contributed by atoms with Gasteiger partial charge in [0.15, 0.2) is 0 Å². The highest BCUT2D eigenvalue weighted by Crippen LogP contribution is 2.22. The van der Waals surface area contributed by atoms with E-state index in [2.05, 4.69) is 10.2 Å². The molecule has 2 rings (SSSR count). The molecule has 0 saturated carbocycles. The first-order valence-corrected chi connectivity index (χ1v) is 7.44. The summed E-state index contributed by atoms with van der Waals surface area (Å²) >= 11 is 0. The third kappa shape index (κ3) is 4.99. The van der Waals surface area contributed by atoms with Gasteiger partial charge in [0, 0.05) is 25.7 Å². The van der Waals surface area contributed by atoms with E-state index in [1.165, 1.54) is 45.5 Å². The first-order chi connectivity index (χ1) is 10.2. The summed E-state index contributed by atoms with van der Waals surface area (Å²) in [6, 6.07) is 4.87. The fraction of sp³-hybridized carbons (Fsp3) is 0.600. The molecule has 21 heavy (non-hydrogen) atoms. The van der Waals surface area contributed by atoms with Crippen LogP contribution in [0.4, 0.5) is 5.69 Å². The van der Waals surface area contributed by atoms with E-state index in [-0.39, 0.29) is 10.6 Å². The van der Waals surface area contributed by atoms with Crippen molar-refractivity contribution in [2.45, 2.75) is 25.8 Å². The third-order valence-corrected chi connectivity index (χ3v) is 3.78. The van der Waals surface area contributed by atoms with Gasteiger partial charge in [-0.1, -0.05) is 6.42 Å². The van der Waals surface area contributed by atoms with Gasteiger partial charge in [-0.15, -0.1) is 0 Å². The Kier molecular flexibility index (Phi) is 5.95. The Balaban J connectivity index is 1.81. The molecule has 6 heteroatoms. The molecule has 0 unspecified atom stereocenters. The Morgan fingerprint density at radius 1 is 1.29 bits per heavy atom. The van der Waals surface area contributed by atoms with Crippen LogP contribution in [0, 0.1) is 10.1 Å². The molecule has 0 radical (unpaired) electrons. The molecule has 1 aliphatic rings. The summed E-state index contributed by atoms with van der Waals surface area (Å²) in [5, 5.41) is 14.2. The van der Waals surface area contributed by atoms with Crippen molar-refractivity contribution in [1.82, 2.24) is 10.2 Å². The van der Waals surface area contributed by atoms with Gasteiger partial charge in [-0.25, -0.2) is 0 Å². The number of non-ortho nitro benzene ring substituents is 1. The maximum atomic E-state index is 10.9. The summed E-state index contributed by atoms with van der Waals surface area (Å²) in [4.78, 5) is 13.0. The number of piperidine rings is 1. The number of nitro benzene ring substituents is 1. The summed E-state index contributed by atoms with van der Waals surface area (Å²) in [5.41, 5.74) is 0.946. The molecule has 1 saturated heterocycles. The van der Waals surface area contributed by atoms with Crippen molar-refractivity contribution < 1.29 is 9.66 Å². The van der Waals surface area contributed by atoms with Crippen LogP contribution in [0.2, 0.25) is 0 Å². The van der Waals surface area contributed by atoms with Crippen LogP contribution in [0.25, 0.3) is 0 Å². The second-order valence-electron chi connectivity index (χ2n) is 5.38. The molecule has 1 aliphatic heterocycles. The predicted octanol–water partition coefficient (Wildman–Crippen LogP) is 2.18. The second-order valence-corrected chi connectivity index (χ2v) is 5.38. The van der Waals surface area contributed by atoms with Gasteiger partial charge in [0.2, 0.25) is 0 Å². The lowest BCUT2D eigenvalue weighted by Gasteiger charge is -2.26. The third-order valence-electron chi connectivity index (χ3n) is 3.78. The molecule has 1 N–H and O–H groups in total. The van der Waals surface area contributed by atoms with E-state index in [1.54, 1.807) is 6.07 Å². The fourth-order valence-corrected chi connectivity index (χ4v) is 2.62. The molecule has 0 bridgehead atoms. The highest BCUT2D eigenvalue weighted by atomic mass is 16.6. The van der Waals surface area contributed by atoms with Crippen LogP contribution in [0.5, 0.6) is 5.75 Å². The zero-order valence-electron chi connectivity index (χ0n) is 12.5. The molecular weight excluding hydrogens is 270 g/mol. The molecule has 1 aromatic carbocycles. The van der Waals surface area contributed by atoms with Gasteiger partial charge in [0.25, 0.3) is 5.69 Å². The largest absolute Gasteiger partial charge is 0.496 e. The van der Waals surface area contributed by atoms with Crippen LogP contribution in [-0.2, 0) is 6.54 Å². The molecule has 1 heterocycles. The Hall–Kier alpha value is -1.66. The predicted molar refractivity (Wildman–Crippen MR) is 81.6 cm³/mol. The Labute approximate surface area is 125 Å². The lowest BCUT2D eigenvalue weighted by molar-refractivity contribution is -0.385. The summed E-state index contributed by atoms with van der Waals surface area (Å²) in [6.07, 6.45) is 3.93. The minimum absolute atomic E-state index is 0.0715. The number of hydrogen-bond donors (Lipinski definition) is 1. The summed E-state index contributed by atoms with van der Waals surface area (Å²) in [6.45, 7) is 4.92. The van der Waals surface area contributed by atoms with Crippen LogP contribution < -0.4 is 10.1 Å². The first kappa shape index (κ1) is 15.7. The van der Waals surface area contributed by atoms with Crippen molar-refractivity contribution in [1.29, 1.82) is 0 Å². The van der Waals surface area contributed by atoms with Crippen LogP contribution >= 0.6 is 0 Å².